The van der Waals surface area contributed by atoms with E-state index in [1.165, 1.54) is 38.5 Å². The summed E-state index contributed by atoms with van der Waals surface area (Å²) in [6.45, 7) is 2.80. The van der Waals surface area contributed by atoms with E-state index < -0.39 is 9.70 Å². The minimum atomic E-state index is -1.83. The van der Waals surface area contributed by atoms with Gasteiger partial charge >= 0.3 is 0 Å². The molecule has 5 heteroatoms. The predicted molar refractivity (Wildman–Crippen MR) is 75.9 cm³/mol. The number of halogens is 3. The Morgan fingerprint density at radius 3 is 1.88 bits per heavy atom. The van der Waals surface area contributed by atoms with Crippen molar-refractivity contribution in [2.75, 3.05) is 6.54 Å². The van der Waals surface area contributed by atoms with E-state index in [2.05, 4.69) is 12.2 Å². The number of alkyl halides is 3. The van der Waals surface area contributed by atoms with Crippen molar-refractivity contribution in [3.8, 4) is 0 Å². The number of carbonyl (C=O) groups excluding carboxylic acids is 1. The maximum absolute atomic E-state index is 11.2. The second-order valence-corrected chi connectivity index (χ2v) is 6.51. The number of hydrogen-bond donors (Lipinski definition) is 1. The Bertz CT molecular complexity index is 204. The quantitative estimate of drug-likeness (QED) is 0.489. The molecular formula is C12H22Cl3NO. The van der Waals surface area contributed by atoms with Crippen molar-refractivity contribution in [3.63, 3.8) is 0 Å². The van der Waals surface area contributed by atoms with Gasteiger partial charge in [0.1, 0.15) is 0 Å². The molecule has 0 bridgehead atoms. The number of amides is 1. The summed E-state index contributed by atoms with van der Waals surface area (Å²) in [7, 11) is 0. The zero-order chi connectivity index (χ0) is 13.1. The molecule has 0 fully saturated rings. The smallest absolute Gasteiger partial charge is 0.272 e. The first-order valence-corrected chi connectivity index (χ1v) is 7.47. The fourth-order valence-corrected chi connectivity index (χ4v) is 1.76. The van der Waals surface area contributed by atoms with Gasteiger partial charge in [0.25, 0.3) is 9.70 Å². The molecule has 102 valence electrons. The van der Waals surface area contributed by atoms with Crippen molar-refractivity contribution in [2.24, 2.45) is 0 Å². The average molecular weight is 303 g/mol. The molecule has 1 amide bonds. The highest BCUT2D eigenvalue weighted by molar-refractivity contribution is 6.76. The summed E-state index contributed by atoms with van der Waals surface area (Å²) in [6, 6.07) is 0. The minimum Gasteiger partial charge on any atom is -0.352 e. The Morgan fingerprint density at radius 1 is 0.941 bits per heavy atom. The zero-order valence-electron chi connectivity index (χ0n) is 10.4. The Kier molecular flexibility index (Phi) is 10.5. The van der Waals surface area contributed by atoms with Gasteiger partial charge in [-0.3, -0.25) is 4.79 Å². The lowest BCUT2D eigenvalue weighted by Crippen LogP contribution is -2.35. The fourth-order valence-electron chi connectivity index (χ4n) is 1.56. The molecule has 0 aromatic rings. The number of carbonyl (C=O) groups is 1. The van der Waals surface area contributed by atoms with Gasteiger partial charge < -0.3 is 5.32 Å². The molecule has 17 heavy (non-hydrogen) atoms. The fraction of sp³-hybridized carbons (Fsp3) is 0.917. The normalized spacial score (nSPS) is 11.5. The first-order chi connectivity index (χ1) is 7.98. The summed E-state index contributed by atoms with van der Waals surface area (Å²) in [6.07, 6.45) is 9.81. The number of rotatable bonds is 9. The molecule has 0 atom stereocenters. The Morgan fingerprint density at radius 2 is 1.41 bits per heavy atom. The third kappa shape index (κ3) is 11.2. The van der Waals surface area contributed by atoms with Crippen LogP contribution in [-0.2, 0) is 4.79 Å². The first kappa shape index (κ1) is 17.3. The van der Waals surface area contributed by atoms with Crippen molar-refractivity contribution in [1.82, 2.24) is 5.32 Å². The van der Waals surface area contributed by atoms with Crippen molar-refractivity contribution < 1.29 is 4.79 Å². The van der Waals surface area contributed by atoms with Crippen molar-refractivity contribution >= 4 is 40.7 Å². The lowest BCUT2D eigenvalue weighted by molar-refractivity contribution is -0.120. The number of nitrogens with one attached hydrogen (secondary N) is 1. The molecule has 1 N–H and O–H groups in total. The lowest BCUT2D eigenvalue weighted by Gasteiger charge is -2.10. The van der Waals surface area contributed by atoms with E-state index >= 15 is 0 Å². The monoisotopic (exact) mass is 301 g/mol. The molecule has 0 rings (SSSR count). The topological polar surface area (TPSA) is 29.1 Å². The largest absolute Gasteiger partial charge is 0.352 e. The maximum Gasteiger partial charge on any atom is 0.272 e. The molecule has 0 aromatic heterocycles. The third-order valence-electron chi connectivity index (χ3n) is 2.57. The molecule has 0 spiro atoms. The maximum atomic E-state index is 11.2. The summed E-state index contributed by atoms with van der Waals surface area (Å²) >= 11 is 16.2. The van der Waals surface area contributed by atoms with E-state index in [-0.39, 0.29) is 0 Å². The highest BCUT2D eigenvalue weighted by atomic mass is 35.6. The third-order valence-corrected chi connectivity index (χ3v) is 3.09. The van der Waals surface area contributed by atoms with Crippen LogP contribution in [0.1, 0.15) is 58.3 Å². The Hall–Kier alpha value is 0.340. The van der Waals surface area contributed by atoms with Crippen LogP contribution in [0.15, 0.2) is 0 Å². The zero-order valence-corrected chi connectivity index (χ0v) is 12.7. The van der Waals surface area contributed by atoms with Crippen LogP contribution >= 0.6 is 34.8 Å². The average Bonchev–Trinajstić information content (AvgIpc) is 2.25. The van der Waals surface area contributed by atoms with Crippen molar-refractivity contribution in [2.45, 2.75) is 62.1 Å². The van der Waals surface area contributed by atoms with Gasteiger partial charge in [-0.25, -0.2) is 0 Å². The van der Waals surface area contributed by atoms with Gasteiger partial charge in [0, 0.05) is 6.54 Å². The van der Waals surface area contributed by atoms with E-state index in [1.54, 1.807) is 0 Å². The summed E-state index contributed by atoms with van der Waals surface area (Å²) in [4.78, 5) is 11.2. The summed E-state index contributed by atoms with van der Waals surface area (Å²) < 4.78 is -1.83. The molecule has 0 aliphatic carbocycles. The number of hydrogen-bond acceptors (Lipinski definition) is 1. The number of unbranched alkanes of at least 4 members (excludes halogenated alkanes) is 7. The van der Waals surface area contributed by atoms with Gasteiger partial charge in [0.05, 0.1) is 0 Å². The van der Waals surface area contributed by atoms with Gasteiger partial charge in [0.2, 0.25) is 0 Å². The first-order valence-electron chi connectivity index (χ1n) is 6.33. The van der Waals surface area contributed by atoms with E-state index in [1.807, 2.05) is 0 Å². The van der Waals surface area contributed by atoms with Crippen LogP contribution in [0.4, 0.5) is 0 Å². The Balaban J connectivity index is 3.22. The molecule has 0 heterocycles. The van der Waals surface area contributed by atoms with Crippen LogP contribution < -0.4 is 5.32 Å². The van der Waals surface area contributed by atoms with E-state index in [9.17, 15) is 4.79 Å². The van der Waals surface area contributed by atoms with Crippen molar-refractivity contribution in [1.29, 1.82) is 0 Å². The van der Waals surface area contributed by atoms with Crippen LogP contribution in [0.5, 0.6) is 0 Å². The standard InChI is InChI=1S/C12H22Cl3NO/c1-2-3-4-5-6-7-8-9-10-16-11(17)12(13,14)15/h2-10H2,1H3,(H,16,17). The van der Waals surface area contributed by atoms with Crippen LogP contribution in [0, 0.1) is 0 Å². The van der Waals surface area contributed by atoms with Crippen molar-refractivity contribution in [3.05, 3.63) is 0 Å². The second kappa shape index (κ2) is 10.3. The highest BCUT2D eigenvalue weighted by Crippen LogP contribution is 2.25. The summed E-state index contributed by atoms with van der Waals surface area (Å²) in [5.74, 6) is -0.537. The van der Waals surface area contributed by atoms with Gasteiger partial charge in [-0.2, -0.15) is 0 Å². The molecule has 0 saturated carbocycles. The second-order valence-electron chi connectivity index (χ2n) is 4.23. The molecule has 0 aromatic carbocycles. The lowest BCUT2D eigenvalue weighted by atomic mass is 10.1. The van der Waals surface area contributed by atoms with E-state index in [0.29, 0.717) is 6.54 Å². The minimum absolute atomic E-state index is 0.537. The van der Waals surface area contributed by atoms with Gasteiger partial charge in [-0.1, -0.05) is 86.7 Å². The highest BCUT2D eigenvalue weighted by Gasteiger charge is 2.29. The molecule has 0 radical (unpaired) electrons. The molecule has 0 aliphatic heterocycles. The van der Waals surface area contributed by atoms with E-state index in [0.717, 1.165) is 12.8 Å². The van der Waals surface area contributed by atoms with Gasteiger partial charge in [-0.05, 0) is 6.42 Å². The molecule has 2 nitrogen and oxygen atoms in total. The summed E-state index contributed by atoms with van der Waals surface area (Å²) in [5.41, 5.74) is 0. The van der Waals surface area contributed by atoms with Gasteiger partial charge in [0.15, 0.2) is 0 Å². The van der Waals surface area contributed by atoms with Crippen LogP contribution in [0.25, 0.3) is 0 Å². The molecule has 0 saturated heterocycles. The SMILES string of the molecule is CCCCCCCCCCNC(=O)C(Cl)(Cl)Cl. The Labute approximate surface area is 119 Å². The van der Waals surface area contributed by atoms with Crippen LogP contribution in [0.3, 0.4) is 0 Å². The van der Waals surface area contributed by atoms with Crippen LogP contribution in [-0.4, -0.2) is 16.2 Å². The predicted octanol–water partition coefficient (Wildman–Crippen LogP) is 4.61. The molecular weight excluding hydrogens is 280 g/mol. The molecule has 0 aliphatic rings. The molecule has 0 unspecified atom stereocenters. The van der Waals surface area contributed by atoms with E-state index in [4.69, 9.17) is 34.8 Å². The summed E-state index contributed by atoms with van der Waals surface area (Å²) in [5, 5.41) is 2.60. The van der Waals surface area contributed by atoms with Gasteiger partial charge in [-0.15, -0.1) is 0 Å². The van der Waals surface area contributed by atoms with Crippen LogP contribution in [0.2, 0.25) is 0 Å².